The van der Waals surface area contributed by atoms with Crippen LogP contribution in [0.4, 0.5) is 9.80 Å². The van der Waals surface area contributed by atoms with E-state index in [1.54, 1.807) is 6.92 Å². The van der Waals surface area contributed by atoms with Gasteiger partial charge in [0.2, 0.25) is 5.69 Å². The zero-order valence-electron chi connectivity index (χ0n) is 14.4. The van der Waals surface area contributed by atoms with E-state index in [0.717, 1.165) is 37.5 Å². The molecule has 25 heavy (non-hydrogen) atoms. The molecule has 1 aromatic rings. The Balaban J connectivity index is 1.51. The number of nitrogens with zero attached hydrogens (tertiary/aromatic N) is 3. The Morgan fingerprint density at radius 3 is 2.92 bits per heavy atom. The predicted molar refractivity (Wildman–Crippen MR) is 92.8 cm³/mol. The molecule has 9 heteroatoms. The molecule has 0 spiro atoms. The molecule has 2 aliphatic heterocycles. The first kappa shape index (κ1) is 18.1. The second kappa shape index (κ2) is 8.57. The third kappa shape index (κ3) is 4.46. The first-order valence-electron chi connectivity index (χ1n) is 8.86. The molecule has 2 aliphatic rings. The number of anilines is 1. The van der Waals surface area contributed by atoms with Gasteiger partial charge >= 0.3 is 12.1 Å². The van der Waals surface area contributed by atoms with Gasteiger partial charge in [0, 0.05) is 23.5 Å². The van der Waals surface area contributed by atoms with E-state index in [1.165, 1.54) is 19.3 Å². The normalized spacial score (nSPS) is 23.6. The second-order valence-electron chi connectivity index (χ2n) is 6.40. The molecule has 2 saturated heterocycles. The molecule has 3 rings (SSSR count). The van der Waals surface area contributed by atoms with Gasteiger partial charge < -0.3 is 9.47 Å². The van der Waals surface area contributed by atoms with E-state index in [4.69, 9.17) is 9.47 Å². The van der Waals surface area contributed by atoms with Gasteiger partial charge in [-0.2, -0.15) is 0 Å². The van der Waals surface area contributed by atoms with E-state index in [-0.39, 0.29) is 17.3 Å². The summed E-state index contributed by atoms with van der Waals surface area (Å²) in [6.07, 6.45) is 5.35. The smallest absolute Gasteiger partial charge is 0.412 e. The number of carbonyl (C=O) groups is 2. The molecule has 1 N–H and O–H groups in total. The predicted octanol–water partition coefficient (Wildman–Crippen LogP) is 2.53. The van der Waals surface area contributed by atoms with Crippen LogP contribution >= 0.6 is 11.5 Å². The van der Waals surface area contributed by atoms with Crippen molar-refractivity contribution in [1.29, 1.82) is 0 Å². The van der Waals surface area contributed by atoms with Gasteiger partial charge in [-0.25, -0.2) is 9.59 Å². The van der Waals surface area contributed by atoms with Gasteiger partial charge in [0.15, 0.2) is 5.00 Å². The standard InChI is InChI=1S/C16H24N4O4S/c1-2-23-15(21)13-14(25-19-18-13)17-16(22)24-10-11-6-5-9-20-8-4-3-7-12(11)20/h11-12H,2-10H2,1H3,(H,17,22)/t11-,12+/m0/s1. The number of carbonyl (C=O) groups excluding carboxylic acids is 2. The van der Waals surface area contributed by atoms with Crippen LogP contribution in [0.25, 0.3) is 0 Å². The molecule has 0 radical (unpaired) electrons. The molecule has 0 bridgehead atoms. The maximum atomic E-state index is 12.1. The Labute approximate surface area is 151 Å². The molecule has 1 amide bonds. The molecular formula is C16H24N4O4S. The van der Waals surface area contributed by atoms with Crippen LogP contribution in [-0.4, -0.2) is 58.9 Å². The van der Waals surface area contributed by atoms with Crippen LogP contribution in [0.2, 0.25) is 0 Å². The van der Waals surface area contributed by atoms with Gasteiger partial charge in [-0.3, -0.25) is 10.2 Å². The van der Waals surface area contributed by atoms with E-state index in [1.807, 2.05) is 0 Å². The summed E-state index contributed by atoms with van der Waals surface area (Å²) in [6, 6.07) is 0.524. The zero-order valence-corrected chi connectivity index (χ0v) is 15.2. The number of fused-ring (bicyclic) bond motifs is 1. The third-order valence-corrected chi connectivity index (χ3v) is 5.47. The average molecular weight is 368 g/mol. The van der Waals surface area contributed by atoms with Crippen molar-refractivity contribution in [2.45, 2.75) is 45.1 Å². The van der Waals surface area contributed by atoms with Crippen molar-refractivity contribution in [1.82, 2.24) is 14.5 Å². The molecule has 0 aliphatic carbocycles. The first-order valence-corrected chi connectivity index (χ1v) is 9.63. The van der Waals surface area contributed by atoms with Gasteiger partial charge in [-0.1, -0.05) is 10.9 Å². The van der Waals surface area contributed by atoms with E-state index in [9.17, 15) is 9.59 Å². The average Bonchev–Trinajstić information content (AvgIpc) is 3.08. The Kier molecular flexibility index (Phi) is 6.19. The third-order valence-electron chi connectivity index (χ3n) is 4.83. The number of nitrogens with one attached hydrogen (secondary N) is 1. The minimum Gasteiger partial charge on any atom is -0.461 e. The van der Waals surface area contributed by atoms with E-state index in [2.05, 4.69) is 19.8 Å². The van der Waals surface area contributed by atoms with Gasteiger partial charge in [-0.15, -0.1) is 5.10 Å². The maximum Gasteiger partial charge on any atom is 0.412 e. The number of hydrogen-bond donors (Lipinski definition) is 1. The van der Waals surface area contributed by atoms with Crippen molar-refractivity contribution in [2.75, 3.05) is 31.6 Å². The molecule has 2 atom stereocenters. The van der Waals surface area contributed by atoms with Crippen LogP contribution in [0.5, 0.6) is 0 Å². The monoisotopic (exact) mass is 368 g/mol. The summed E-state index contributed by atoms with van der Waals surface area (Å²) in [7, 11) is 0. The van der Waals surface area contributed by atoms with Gasteiger partial charge in [0.1, 0.15) is 0 Å². The lowest BCUT2D eigenvalue weighted by Gasteiger charge is -2.44. The van der Waals surface area contributed by atoms with Gasteiger partial charge in [-0.05, 0) is 45.7 Å². The number of rotatable bonds is 5. The topological polar surface area (TPSA) is 93.7 Å². The number of piperidine rings is 2. The minimum atomic E-state index is -0.600. The molecule has 1 aromatic heterocycles. The molecular weight excluding hydrogens is 344 g/mol. The van der Waals surface area contributed by atoms with Crippen LogP contribution in [0.3, 0.4) is 0 Å². The van der Waals surface area contributed by atoms with Crippen molar-refractivity contribution >= 4 is 28.6 Å². The summed E-state index contributed by atoms with van der Waals surface area (Å²) < 4.78 is 14.0. The van der Waals surface area contributed by atoms with E-state index in [0.29, 0.717) is 18.6 Å². The number of amides is 1. The Morgan fingerprint density at radius 1 is 1.24 bits per heavy atom. The Hall–Kier alpha value is -1.74. The molecule has 0 saturated carbocycles. The number of esters is 1. The lowest BCUT2D eigenvalue weighted by Crippen LogP contribution is -2.49. The molecule has 0 unspecified atom stereocenters. The van der Waals surface area contributed by atoms with Crippen molar-refractivity contribution in [3.05, 3.63) is 5.69 Å². The van der Waals surface area contributed by atoms with Crippen molar-refractivity contribution in [3.63, 3.8) is 0 Å². The SMILES string of the molecule is CCOC(=O)c1nnsc1NC(=O)OC[C@@H]1CCCN2CCCC[C@H]12. The molecule has 138 valence electrons. The fraction of sp³-hybridized carbons (Fsp3) is 0.750. The molecule has 2 fully saturated rings. The largest absolute Gasteiger partial charge is 0.461 e. The molecule has 8 nitrogen and oxygen atoms in total. The van der Waals surface area contributed by atoms with Crippen LogP contribution in [0.15, 0.2) is 0 Å². The fourth-order valence-electron chi connectivity index (χ4n) is 3.69. The lowest BCUT2D eigenvalue weighted by molar-refractivity contribution is 0.0261. The first-order chi connectivity index (χ1) is 12.2. The summed E-state index contributed by atoms with van der Waals surface area (Å²) in [5.41, 5.74) is 0.0138. The van der Waals surface area contributed by atoms with Crippen LogP contribution < -0.4 is 5.32 Å². The van der Waals surface area contributed by atoms with Crippen molar-refractivity contribution in [2.24, 2.45) is 5.92 Å². The second-order valence-corrected chi connectivity index (χ2v) is 7.15. The molecule has 3 heterocycles. The number of hydrogen-bond acceptors (Lipinski definition) is 8. The highest BCUT2D eigenvalue weighted by atomic mass is 32.1. The summed E-state index contributed by atoms with van der Waals surface area (Å²) in [4.78, 5) is 26.4. The molecule has 0 aromatic carbocycles. The highest BCUT2D eigenvalue weighted by molar-refractivity contribution is 7.10. The minimum absolute atomic E-state index is 0.0138. The Morgan fingerprint density at radius 2 is 2.08 bits per heavy atom. The summed E-state index contributed by atoms with van der Waals surface area (Å²) in [5.74, 6) is -0.222. The summed E-state index contributed by atoms with van der Waals surface area (Å²) >= 11 is 0.930. The van der Waals surface area contributed by atoms with E-state index >= 15 is 0 Å². The van der Waals surface area contributed by atoms with Crippen LogP contribution in [-0.2, 0) is 9.47 Å². The summed E-state index contributed by atoms with van der Waals surface area (Å²) in [6.45, 7) is 4.65. The zero-order chi connectivity index (χ0) is 17.6. The van der Waals surface area contributed by atoms with Crippen molar-refractivity contribution < 1.29 is 19.1 Å². The number of aromatic nitrogens is 2. The number of ether oxygens (including phenoxy) is 2. The highest BCUT2D eigenvalue weighted by Gasteiger charge is 2.33. The lowest BCUT2D eigenvalue weighted by atomic mass is 9.84. The maximum absolute atomic E-state index is 12.1. The van der Waals surface area contributed by atoms with Crippen LogP contribution in [0, 0.1) is 5.92 Å². The highest BCUT2D eigenvalue weighted by Crippen LogP contribution is 2.31. The fourth-order valence-corrected chi connectivity index (χ4v) is 4.23. The van der Waals surface area contributed by atoms with Gasteiger partial charge in [0.25, 0.3) is 0 Å². The van der Waals surface area contributed by atoms with Crippen molar-refractivity contribution in [3.8, 4) is 0 Å². The van der Waals surface area contributed by atoms with E-state index < -0.39 is 12.1 Å². The Bertz CT molecular complexity index is 607. The van der Waals surface area contributed by atoms with Crippen LogP contribution in [0.1, 0.15) is 49.5 Å². The summed E-state index contributed by atoms with van der Waals surface area (Å²) in [5, 5.41) is 6.52. The van der Waals surface area contributed by atoms with Gasteiger partial charge in [0.05, 0.1) is 13.2 Å². The quantitative estimate of drug-likeness (QED) is 0.798.